The number of halogens is 1. The SMILES string of the molecule is CCCNC(=O)COC(=O)c1cc(S(=O)(=O)N(C)OC)ccc1Cl. The summed E-state index contributed by atoms with van der Waals surface area (Å²) in [5, 5.41) is 2.55. The van der Waals surface area contributed by atoms with E-state index in [0.717, 1.165) is 12.5 Å². The maximum absolute atomic E-state index is 12.2. The van der Waals surface area contributed by atoms with Gasteiger partial charge in [0.2, 0.25) is 0 Å². The summed E-state index contributed by atoms with van der Waals surface area (Å²) in [6.07, 6.45) is 0.748. The number of carbonyl (C=O) groups is 2. The molecule has 0 spiro atoms. The van der Waals surface area contributed by atoms with Crippen molar-refractivity contribution in [3.8, 4) is 0 Å². The van der Waals surface area contributed by atoms with E-state index < -0.39 is 28.5 Å². The molecule has 0 aliphatic rings. The minimum atomic E-state index is -3.94. The third-order valence-electron chi connectivity index (χ3n) is 2.96. The fraction of sp³-hybridized carbons (Fsp3) is 0.429. The van der Waals surface area contributed by atoms with Gasteiger partial charge in [0.15, 0.2) is 6.61 Å². The summed E-state index contributed by atoms with van der Waals surface area (Å²) in [5.74, 6) is -1.35. The summed E-state index contributed by atoms with van der Waals surface area (Å²) in [7, 11) is -1.54. The van der Waals surface area contributed by atoms with Gasteiger partial charge < -0.3 is 10.1 Å². The van der Waals surface area contributed by atoms with Crippen LogP contribution in [0, 0.1) is 0 Å². The molecule has 10 heteroatoms. The molecule has 0 aliphatic heterocycles. The molecule has 0 heterocycles. The maximum Gasteiger partial charge on any atom is 0.340 e. The minimum absolute atomic E-state index is 0.00739. The van der Waals surface area contributed by atoms with Gasteiger partial charge in [0.05, 0.1) is 22.6 Å². The first-order valence-corrected chi connectivity index (χ1v) is 8.82. The van der Waals surface area contributed by atoms with Crippen LogP contribution >= 0.6 is 11.6 Å². The highest BCUT2D eigenvalue weighted by Gasteiger charge is 2.24. The zero-order chi connectivity index (χ0) is 18.3. The van der Waals surface area contributed by atoms with Crippen LogP contribution in [-0.4, -0.2) is 52.1 Å². The number of nitrogens with one attached hydrogen (secondary N) is 1. The van der Waals surface area contributed by atoms with E-state index in [1.807, 2.05) is 6.92 Å². The predicted molar refractivity (Wildman–Crippen MR) is 87.0 cm³/mol. The number of carbonyl (C=O) groups excluding carboxylic acids is 2. The van der Waals surface area contributed by atoms with Crippen molar-refractivity contribution in [2.24, 2.45) is 0 Å². The van der Waals surface area contributed by atoms with Crippen molar-refractivity contribution in [1.82, 2.24) is 9.79 Å². The first kappa shape index (κ1) is 20.4. The van der Waals surface area contributed by atoms with Crippen molar-refractivity contribution in [2.75, 3.05) is 27.3 Å². The minimum Gasteiger partial charge on any atom is -0.452 e. The molecule has 1 aromatic carbocycles. The van der Waals surface area contributed by atoms with Crippen molar-refractivity contribution in [2.45, 2.75) is 18.2 Å². The summed E-state index contributed by atoms with van der Waals surface area (Å²) in [6.45, 7) is 1.87. The first-order valence-electron chi connectivity index (χ1n) is 7.00. The van der Waals surface area contributed by atoms with Gasteiger partial charge in [0.1, 0.15) is 0 Å². The van der Waals surface area contributed by atoms with Crippen molar-refractivity contribution in [1.29, 1.82) is 0 Å². The number of hydrogen-bond donors (Lipinski definition) is 1. The van der Waals surface area contributed by atoms with Crippen LogP contribution in [-0.2, 0) is 24.4 Å². The highest BCUT2D eigenvalue weighted by molar-refractivity contribution is 7.89. The van der Waals surface area contributed by atoms with Crippen LogP contribution in [0.2, 0.25) is 5.02 Å². The molecule has 134 valence electrons. The number of hydroxylamine groups is 1. The molecule has 1 rings (SSSR count). The van der Waals surface area contributed by atoms with Crippen molar-refractivity contribution in [3.05, 3.63) is 28.8 Å². The second kappa shape index (κ2) is 8.97. The average molecular weight is 379 g/mol. The fourth-order valence-corrected chi connectivity index (χ4v) is 2.79. The number of sulfonamides is 1. The summed E-state index contributed by atoms with van der Waals surface area (Å²) in [4.78, 5) is 27.9. The molecular formula is C14H19ClN2O6S. The molecule has 0 saturated heterocycles. The van der Waals surface area contributed by atoms with Crippen molar-refractivity contribution < 1.29 is 27.6 Å². The van der Waals surface area contributed by atoms with Crippen LogP contribution in [0.1, 0.15) is 23.7 Å². The Kier molecular flexibility index (Phi) is 7.61. The van der Waals surface area contributed by atoms with Gasteiger partial charge in [0.25, 0.3) is 15.9 Å². The lowest BCUT2D eigenvalue weighted by Gasteiger charge is -2.15. The van der Waals surface area contributed by atoms with Gasteiger partial charge >= 0.3 is 5.97 Å². The van der Waals surface area contributed by atoms with E-state index in [1.54, 1.807) is 0 Å². The summed E-state index contributed by atoms with van der Waals surface area (Å²) < 4.78 is 29.8. The zero-order valence-corrected chi connectivity index (χ0v) is 15.1. The third kappa shape index (κ3) is 5.17. The van der Waals surface area contributed by atoms with Crippen molar-refractivity contribution >= 4 is 33.5 Å². The molecule has 1 amide bonds. The number of esters is 1. The van der Waals surface area contributed by atoms with Gasteiger partial charge in [-0.05, 0) is 24.6 Å². The molecule has 0 aliphatic carbocycles. The fourth-order valence-electron chi connectivity index (χ4n) is 1.59. The average Bonchev–Trinajstić information content (AvgIpc) is 2.56. The molecule has 0 unspecified atom stereocenters. The maximum atomic E-state index is 12.2. The predicted octanol–water partition coefficient (Wildman–Crippen LogP) is 1.20. The lowest BCUT2D eigenvalue weighted by Crippen LogP contribution is -2.29. The number of rotatable bonds is 8. The highest BCUT2D eigenvalue weighted by Crippen LogP contribution is 2.23. The van der Waals surface area contributed by atoms with Crippen LogP contribution in [0.4, 0.5) is 0 Å². The van der Waals surface area contributed by atoms with Crippen LogP contribution in [0.3, 0.4) is 0 Å². The molecule has 0 saturated carbocycles. The normalized spacial score (nSPS) is 11.4. The molecule has 1 N–H and O–H groups in total. The van der Waals surface area contributed by atoms with E-state index in [0.29, 0.717) is 11.0 Å². The van der Waals surface area contributed by atoms with Crippen LogP contribution in [0.5, 0.6) is 0 Å². The van der Waals surface area contributed by atoms with E-state index in [2.05, 4.69) is 10.2 Å². The molecule has 0 radical (unpaired) electrons. The number of amides is 1. The number of ether oxygens (including phenoxy) is 1. The van der Waals surface area contributed by atoms with E-state index in [9.17, 15) is 18.0 Å². The number of hydrogen-bond acceptors (Lipinski definition) is 6. The Morgan fingerprint density at radius 2 is 2.00 bits per heavy atom. The summed E-state index contributed by atoms with van der Waals surface area (Å²) in [5.41, 5.74) is -0.162. The highest BCUT2D eigenvalue weighted by atomic mass is 35.5. The first-order chi connectivity index (χ1) is 11.2. The van der Waals surface area contributed by atoms with E-state index in [-0.39, 0.29) is 15.5 Å². The Morgan fingerprint density at radius 1 is 1.33 bits per heavy atom. The van der Waals surface area contributed by atoms with Gasteiger partial charge in [-0.1, -0.05) is 23.0 Å². The van der Waals surface area contributed by atoms with Crippen molar-refractivity contribution in [3.63, 3.8) is 0 Å². The van der Waals surface area contributed by atoms with Crippen LogP contribution in [0.15, 0.2) is 23.1 Å². The molecule has 0 fully saturated rings. The third-order valence-corrected chi connectivity index (χ3v) is 4.96. The quantitative estimate of drug-likeness (QED) is 0.538. The van der Waals surface area contributed by atoms with Gasteiger partial charge in [0, 0.05) is 13.6 Å². The van der Waals surface area contributed by atoms with Gasteiger partial charge in [-0.25, -0.2) is 13.2 Å². The Labute approximate surface area is 145 Å². The molecule has 1 aromatic rings. The van der Waals surface area contributed by atoms with E-state index in [4.69, 9.17) is 16.3 Å². The van der Waals surface area contributed by atoms with Crippen LogP contribution < -0.4 is 5.32 Å². The number of nitrogens with zero attached hydrogens (tertiary/aromatic N) is 1. The molecule has 0 atom stereocenters. The van der Waals surface area contributed by atoms with Gasteiger partial charge in [-0.15, -0.1) is 0 Å². The van der Waals surface area contributed by atoms with E-state index in [1.165, 1.54) is 26.3 Å². The summed E-state index contributed by atoms with van der Waals surface area (Å²) >= 11 is 5.91. The zero-order valence-electron chi connectivity index (χ0n) is 13.5. The second-order valence-corrected chi connectivity index (χ2v) is 7.01. The summed E-state index contributed by atoms with van der Waals surface area (Å²) in [6, 6.07) is 3.56. The Balaban J connectivity index is 2.94. The molecule has 24 heavy (non-hydrogen) atoms. The Morgan fingerprint density at radius 3 is 2.58 bits per heavy atom. The number of benzene rings is 1. The van der Waals surface area contributed by atoms with Gasteiger partial charge in [-0.2, -0.15) is 0 Å². The topological polar surface area (TPSA) is 102 Å². The van der Waals surface area contributed by atoms with Crippen LogP contribution in [0.25, 0.3) is 0 Å². The molecular weight excluding hydrogens is 360 g/mol. The largest absolute Gasteiger partial charge is 0.452 e. The lowest BCUT2D eigenvalue weighted by atomic mass is 10.2. The Bertz CT molecular complexity index is 707. The monoisotopic (exact) mass is 378 g/mol. The Hall–Kier alpha value is -1.68. The standard InChI is InChI=1S/C14H19ClN2O6S/c1-4-7-16-13(18)9-23-14(19)11-8-10(5-6-12(11)15)24(20,21)17(2)22-3/h5-6,8H,4,7,9H2,1-3H3,(H,16,18). The molecule has 0 bridgehead atoms. The smallest absolute Gasteiger partial charge is 0.340 e. The van der Waals surface area contributed by atoms with Gasteiger partial charge in [-0.3, -0.25) is 9.63 Å². The lowest BCUT2D eigenvalue weighted by molar-refractivity contribution is -0.124. The molecule has 8 nitrogen and oxygen atoms in total. The second-order valence-electron chi connectivity index (χ2n) is 4.67. The molecule has 0 aromatic heterocycles. The van der Waals surface area contributed by atoms with E-state index >= 15 is 0 Å².